The summed E-state index contributed by atoms with van der Waals surface area (Å²) in [6, 6.07) is 16.7. The van der Waals surface area contributed by atoms with Gasteiger partial charge in [-0.05, 0) is 88.1 Å². The van der Waals surface area contributed by atoms with Crippen LogP contribution in [-0.2, 0) is 9.59 Å². The molecule has 15 nitrogen and oxygen atoms in total. The lowest BCUT2D eigenvalue weighted by atomic mass is 10.0. The molecule has 2 aromatic carbocycles. The first kappa shape index (κ1) is 36.8. The maximum atomic E-state index is 13.3. The van der Waals surface area contributed by atoms with Gasteiger partial charge in [-0.3, -0.25) is 34.4 Å². The Morgan fingerprint density at radius 2 is 1.73 bits per heavy atom. The van der Waals surface area contributed by atoms with Crippen LogP contribution in [0, 0.1) is 11.3 Å². The minimum atomic E-state index is -1.01. The molecule has 6 amide bonds. The highest BCUT2D eigenvalue weighted by Crippen LogP contribution is 2.33. The van der Waals surface area contributed by atoms with Crippen molar-refractivity contribution in [3.05, 3.63) is 83.7 Å². The number of anilines is 2. The van der Waals surface area contributed by atoms with Gasteiger partial charge in [0.2, 0.25) is 17.7 Å². The molecule has 3 aliphatic heterocycles. The number of benzene rings is 2. The van der Waals surface area contributed by atoms with Gasteiger partial charge in [-0.1, -0.05) is 0 Å². The fraction of sp³-hybridized carbons (Fsp3) is 0.350. The smallest absolute Gasteiger partial charge is 0.322 e. The average molecular weight is 745 g/mol. The van der Waals surface area contributed by atoms with E-state index in [-0.39, 0.29) is 42.1 Å². The Hall–Kier alpha value is -6.56. The van der Waals surface area contributed by atoms with E-state index in [1.807, 2.05) is 30.0 Å². The fourth-order valence-electron chi connectivity index (χ4n) is 7.27. The van der Waals surface area contributed by atoms with Crippen LogP contribution >= 0.6 is 0 Å². The van der Waals surface area contributed by atoms with E-state index < -0.39 is 29.7 Å². The molecule has 3 atom stereocenters. The van der Waals surface area contributed by atoms with Gasteiger partial charge in [-0.15, -0.1) is 0 Å². The number of unbranched alkanes of at least 4 members (excludes halogenated alkanes) is 2. The highest BCUT2D eigenvalue weighted by molar-refractivity contribution is 6.23. The monoisotopic (exact) mass is 744 g/mol. The number of urea groups is 1. The van der Waals surface area contributed by atoms with Crippen LogP contribution < -0.4 is 25.0 Å². The third-order valence-corrected chi connectivity index (χ3v) is 10.1. The van der Waals surface area contributed by atoms with Crippen molar-refractivity contribution >= 4 is 51.9 Å². The maximum Gasteiger partial charge on any atom is 0.322 e. The Morgan fingerprint density at radius 1 is 0.927 bits per heavy atom. The third-order valence-electron chi connectivity index (χ3n) is 10.1. The van der Waals surface area contributed by atoms with Gasteiger partial charge in [0.15, 0.2) is 0 Å². The number of hydrogen-bond acceptors (Lipinski definition) is 11. The number of aromatic nitrogens is 2. The number of piperidine rings is 1. The molecule has 15 heteroatoms. The molecule has 3 aliphatic rings. The van der Waals surface area contributed by atoms with E-state index in [0.29, 0.717) is 54.7 Å². The van der Waals surface area contributed by atoms with E-state index >= 15 is 0 Å². The largest absolute Gasteiger partial charge is 0.494 e. The number of imide groups is 2. The predicted molar refractivity (Wildman–Crippen MR) is 201 cm³/mol. The van der Waals surface area contributed by atoms with E-state index in [9.17, 15) is 29.2 Å². The van der Waals surface area contributed by atoms with Gasteiger partial charge >= 0.3 is 6.03 Å². The van der Waals surface area contributed by atoms with Crippen LogP contribution in [-0.4, -0.2) is 93.9 Å². The van der Waals surface area contributed by atoms with Crippen LogP contribution in [0.4, 0.5) is 16.2 Å². The molecule has 0 saturated carbocycles. The van der Waals surface area contributed by atoms with Crippen molar-refractivity contribution in [1.82, 2.24) is 25.1 Å². The van der Waals surface area contributed by atoms with E-state index in [1.54, 1.807) is 36.7 Å². The normalized spacial score (nSPS) is 19.6. The first-order valence-electron chi connectivity index (χ1n) is 18.3. The molecule has 2 saturated heterocycles. The summed E-state index contributed by atoms with van der Waals surface area (Å²) >= 11 is 0. The summed E-state index contributed by atoms with van der Waals surface area (Å²) in [5, 5.41) is 15.6. The van der Waals surface area contributed by atoms with Crippen LogP contribution in [0.5, 0.6) is 11.6 Å². The molecule has 2 N–H and O–H groups in total. The topological polar surface area (TPSA) is 187 Å². The van der Waals surface area contributed by atoms with Crippen molar-refractivity contribution in [3.63, 3.8) is 0 Å². The lowest BCUT2D eigenvalue weighted by Gasteiger charge is -2.45. The van der Waals surface area contributed by atoms with Crippen LogP contribution in [0.25, 0.3) is 10.9 Å². The summed E-state index contributed by atoms with van der Waals surface area (Å²) < 4.78 is 11.6. The van der Waals surface area contributed by atoms with Gasteiger partial charge < -0.3 is 24.6 Å². The molecule has 7 rings (SSSR count). The number of nitrogens with one attached hydrogen (secondary N) is 2. The highest BCUT2D eigenvalue weighted by atomic mass is 16.5. The molecule has 282 valence electrons. The molecule has 2 aromatic heterocycles. The van der Waals surface area contributed by atoms with Crippen LogP contribution in [0.2, 0.25) is 0 Å². The Labute approximate surface area is 317 Å². The van der Waals surface area contributed by atoms with Crippen LogP contribution in [0.3, 0.4) is 0 Å². The standard InChI is InChI=1S/C40H40N8O7/c1-24-23-47(25(2)22-46(24)32-12-8-26(20-41)36-30(32)7-6-16-42-36)40(53)44-27-9-15-35(43-21-27)55-18-5-3-4-17-54-28-10-11-29-31(19-28)39(52)48(38(29)51)33-13-14-34(49)45-37(33)50/h6-12,15-16,19,21,24-25,33H,3-5,13-14,17-18,22-23H2,1-2H3,(H,44,53)(H,45,49,50)/t24?,25-,33?/m1/s1. The number of pyridine rings is 2. The molecule has 0 aliphatic carbocycles. The lowest BCUT2D eigenvalue weighted by Crippen LogP contribution is -2.59. The zero-order chi connectivity index (χ0) is 38.6. The minimum Gasteiger partial charge on any atom is -0.494 e. The van der Waals surface area contributed by atoms with Crippen molar-refractivity contribution in [1.29, 1.82) is 5.26 Å². The van der Waals surface area contributed by atoms with Crippen LogP contribution in [0.1, 0.15) is 72.2 Å². The number of piperazine rings is 1. The molecule has 55 heavy (non-hydrogen) atoms. The Morgan fingerprint density at radius 3 is 2.49 bits per heavy atom. The number of ether oxygens (including phenoxy) is 2. The summed E-state index contributed by atoms with van der Waals surface area (Å²) in [6.07, 6.45) is 5.70. The number of nitriles is 1. The molecule has 2 fully saturated rings. The second-order valence-electron chi connectivity index (χ2n) is 13.9. The van der Waals surface area contributed by atoms with E-state index in [2.05, 4.69) is 38.5 Å². The first-order valence-corrected chi connectivity index (χ1v) is 18.3. The zero-order valence-corrected chi connectivity index (χ0v) is 30.5. The maximum absolute atomic E-state index is 13.3. The number of nitrogens with zero attached hydrogens (tertiary/aromatic N) is 6. The first-order chi connectivity index (χ1) is 26.6. The fourth-order valence-corrected chi connectivity index (χ4v) is 7.27. The van der Waals surface area contributed by atoms with E-state index in [0.717, 1.165) is 35.2 Å². The van der Waals surface area contributed by atoms with Crippen molar-refractivity contribution in [2.45, 2.75) is 64.1 Å². The molecular weight excluding hydrogens is 704 g/mol. The number of amides is 6. The molecule has 5 heterocycles. The Balaban J connectivity index is 0.825. The Bertz CT molecular complexity index is 2200. The number of fused-ring (bicyclic) bond motifs is 2. The number of carbonyl (C=O) groups excluding carboxylic acids is 5. The number of hydrogen-bond donors (Lipinski definition) is 2. The molecule has 2 unspecified atom stereocenters. The summed E-state index contributed by atoms with van der Waals surface area (Å²) in [5.41, 5.74) is 3.13. The number of rotatable bonds is 11. The predicted octanol–water partition coefficient (Wildman–Crippen LogP) is 4.66. The summed E-state index contributed by atoms with van der Waals surface area (Å²) in [4.78, 5) is 76.9. The van der Waals surface area contributed by atoms with Crippen molar-refractivity contribution in [2.75, 3.05) is 36.5 Å². The average Bonchev–Trinajstić information content (AvgIpc) is 3.43. The van der Waals surface area contributed by atoms with Gasteiger partial charge in [-0.25, -0.2) is 9.78 Å². The molecule has 0 radical (unpaired) electrons. The van der Waals surface area contributed by atoms with Crippen molar-refractivity contribution in [2.24, 2.45) is 0 Å². The summed E-state index contributed by atoms with van der Waals surface area (Å²) in [7, 11) is 0. The second kappa shape index (κ2) is 15.8. The van der Waals surface area contributed by atoms with Crippen molar-refractivity contribution in [3.8, 4) is 17.7 Å². The second-order valence-corrected chi connectivity index (χ2v) is 13.9. The molecule has 0 bridgehead atoms. The van der Waals surface area contributed by atoms with Gasteiger partial charge in [-0.2, -0.15) is 5.26 Å². The molecule has 4 aromatic rings. The molecular formula is C40H40N8O7. The zero-order valence-electron chi connectivity index (χ0n) is 30.5. The van der Waals surface area contributed by atoms with Gasteiger partial charge in [0.1, 0.15) is 17.9 Å². The lowest BCUT2D eigenvalue weighted by molar-refractivity contribution is -0.136. The highest BCUT2D eigenvalue weighted by Gasteiger charge is 2.44. The van der Waals surface area contributed by atoms with Gasteiger partial charge in [0.05, 0.1) is 47.3 Å². The minimum absolute atomic E-state index is 0.0235. The SMILES string of the molecule is CC1CN(C(=O)Nc2ccc(OCCCCCOc3ccc4c(c3)C(=O)N(C3CCC(=O)NC3=O)C4=O)nc2)[C@H](C)CN1c1ccc(C#N)c2ncccc12. The van der Waals surface area contributed by atoms with E-state index in [1.165, 1.54) is 12.1 Å². The third kappa shape index (κ3) is 7.61. The summed E-state index contributed by atoms with van der Waals surface area (Å²) in [6.45, 7) is 6.05. The van der Waals surface area contributed by atoms with E-state index in [4.69, 9.17) is 9.47 Å². The molecule has 0 spiro atoms. The Kier molecular flexibility index (Phi) is 10.6. The quantitative estimate of drug-likeness (QED) is 0.161. The van der Waals surface area contributed by atoms with Gasteiger partial charge in [0, 0.05) is 54.9 Å². The summed E-state index contributed by atoms with van der Waals surface area (Å²) in [5.74, 6) is -1.32. The van der Waals surface area contributed by atoms with Crippen molar-refractivity contribution < 1.29 is 33.4 Å². The van der Waals surface area contributed by atoms with Crippen LogP contribution in [0.15, 0.2) is 67.0 Å². The number of carbonyl (C=O) groups is 5. The van der Waals surface area contributed by atoms with Gasteiger partial charge in [0.25, 0.3) is 11.8 Å².